The zero-order valence-corrected chi connectivity index (χ0v) is 15.0. The molecule has 0 saturated carbocycles. The lowest BCUT2D eigenvalue weighted by Crippen LogP contribution is -2.45. The molecule has 6 nitrogen and oxygen atoms in total. The van der Waals surface area contributed by atoms with Gasteiger partial charge in [0.15, 0.2) is 0 Å². The summed E-state index contributed by atoms with van der Waals surface area (Å²) in [7, 11) is 0. The van der Waals surface area contributed by atoms with Crippen molar-refractivity contribution in [2.24, 2.45) is 0 Å². The normalized spacial score (nSPS) is 25.2. The number of carbonyl (C=O) groups is 1. The van der Waals surface area contributed by atoms with Gasteiger partial charge in [-0.3, -0.25) is 9.69 Å². The SMILES string of the molecule is CC(=O)N1CCC(N2CC(F)C(OCc3nc4ccccc4[nH]3)C2)CC1. The minimum Gasteiger partial charge on any atom is -0.366 e. The highest BCUT2D eigenvalue weighted by molar-refractivity contribution is 5.74. The van der Waals surface area contributed by atoms with E-state index in [9.17, 15) is 9.18 Å². The number of rotatable bonds is 4. The highest BCUT2D eigenvalue weighted by Crippen LogP contribution is 2.25. The average Bonchev–Trinajstić information content (AvgIpc) is 3.23. The van der Waals surface area contributed by atoms with E-state index in [4.69, 9.17) is 4.74 Å². The van der Waals surface area contributed by atoms with Crippen LogP contribution in [0.5, 0.6) is 0 Å². The molecule has 26 heavy (non-hydrogen) atoms. The predicted molar refractivity (Wildman–Crippen MR) is 96.4 cm³/mol. The molecule has 140 valence electrons. The number of aromatic nitrogens is 2. The number of piperidine rings is 1. The number of amides is 1. The molecule has 2 fully saturated rings. The smallest absolute Gasteiger partial charge is 0.219 e. The van der Waals surface area contributed by atoms with Crippen LogP contribution in [0.4, 0.5) is 4.39 Å². The molecular formula is C19H25FN4O2. The number of nitrogens with one attached hydrogen (secondary N) is 1. The van der Waals surface area contributed by atoms with Gasteiger partial charge in [0.25, 0.3) is 0 Å². The van der Waals surface area contributed by atoms with Crippen LogP contribution in [0.2, 0.25) is 0 Å². The van der Waals surface area contributed by atoms with E-state index in [0.29, 0.717) is 19.1 Å². The van der Waals surface area contributed by atoms with Crippen LogP contribution in [0.3, 0.4) is 0 Å². The topological polar surface area (TPSA) is 61.5 Å². The zero-order valence-electron chi connectivity index (χ0n) is 15.0. The minimum atomic E-state index is -0.981. The summed E-state index contributed by atoms with van der Waals surface area (Å²) < 4.78 is 20.3. The molecule has 0 radical (unpaired) electrons. The van der Waals surface area contributed by atoms with Gasteiger partial charge in [0.05, 0.1) is 11.0 Å². The average molecular weight is 360 g/mol. The molecular weight excluding hydrogens is 335 g/mol. The maximum atomic E-state index is 14.4. The predicted octanol–water partition coefficient (Wildman–Crippen LogP) is 2.11. The van der Waals surface area contributed by atoms with Gasteiger partial charge >= 0.3 is 0 Å². The number of likely N-dealkylation sites (tertiary alicyclic amines) is 2. The quantitative estimate of drug-likeness (QED) is 0.907. The molecule has 2 atom stereocenters. The van der Waals surface area contributed by atoms with Crippen molar-refractivity contribution in [3.63, 3.8) is 0 Å². The maximum absolute atomic E-state index is 14.4. The van der Waals surface area contributed by atoms with Crippen LogP contribution < -0.4 is 0 Å². The molecule has 1 aromatic carbocycles. The number of fused-ring (bicyclic) bond motifs is 1. The van der Waals surface area contributed by atoms with Crippen LogP contribution >= 0.6 is 0 Å². The first-order valence-electron chi connectivity index (χ1n) is 9.29. The summed E-state index contributed by atoms with van der Waals surface area (Å²) in [5, 5.41) is 0. The highest BCUT2D eigenvalue weighted by Gasteiger charge is 2.38. The summed E-state index contributed by atoms with van der Waals surface area (Å²) >= 11 is 0. The van der Waals surface area contributed by atoms with Gasteiger partial charge in [-0.25, -0.2) is 9.37 Å². The molecule has 3 heterocycles. The number of carbonyl (C=O) groups excluding carboxylic acids is 1. The van der Waals surface area contributed by atoms with Crippen molar-refractivity contribution in [3.8, 4) is 0 Å². The van der Waals surface area contributed by atoms with Crippen LogP contribution in [0.25, 0.3) is 11.0 Å². The van der Waals surface area contributed by atoms with E-state index in [1.165, 1.54) is 0 Å². The molecule has 0 bridgehead atoms. The molecule has 4 rings (SSSR count). The van der Waals surface area contributed by atoms with Gasteiger partial charge in [-0.05, 0) is 25.0 Å². The van der Waals surface area contributed by atoms with Crippen LogP contribution in [0.15, 0.2) is 24.3 Å². The third-order valence-electron chi connectivity index (χ3n) is 5.53. The van der Waals surface area contributed by atoms with Crippen LogP contribution in [-0.4, -0.2) is 70.2 Å². The van der Waals surface area contributed by atoms with Crippen molar-refractivity contribution >= 4 is 16.9 Å². The fraction of sp³-hybridized carbons (Fsp3) is 0.579. The fourth-order valence-corrected chi connectivity index (χ4v) is 4.02. The van der Waals surface area contributed by atoms with Crippen molar-refractivity contribution in [1.82, 2.24) is 19.8 Å². The number of hydrogen-bond acceptors (Lipinski definition) is 4. The summed E-state index contributed by atoms with van der Waals surface area (Å²) in [5.74, 6) is 0.854. The Hall–Kier alpha value is -1.99. The molecule has 2 unspecified atom stereocenters. The van der Waals surface area contributed by atoms with Gasteiger partial charge in [0, 0.05) is 39.1 Å². The van der Waals surface area contributed by atoms with E-state index in [2.05, 4.69) is 14.9 Å². The van der Waals surface area contributed by atoms with E-state index in [-0.39, 0.29) is 12.5 Å². The summed E-state index contributed by atoms with van der Waals surface area (Å²) in [6.45, 7) is 4.43. The Labute approximate surface area is 152 Å². The lowest BCUT2D eigenvalue weighted by atomic mass is 10.0. The first kappa shape index (κ1) is 17.4. The number of ether oxygens (including phenoxy) is 1. The van der Waals surface area contributed by atoms with Crippen molar-refractivity contribution in [2.45, 2.75) is 44.7 Å². The third-order valence-corrected chi connectivity index (χ3v) is 5.53. The Morgan fingerprint density at radius 3 is 2.81 bits per heavy atom. The highest BCUT2D eigenvalue weighted by atomic mass is 19.1. The summed E-state index contributed by atoms with van der Waals surface area (Å²) in [5.41, 5.74) is 1.86. The number of halogens is 1. The van der Waals surface area contributed by atoms with Crippen molar-refractivity contribution < 1.29 is 13.9 Å². The van der Waals surface area contributed by atoms with Crippen molar-refractivity contribution in [2.75, 3.05) is 26.2 Å². The molecule has 0 spiro atoms. The number of aromatic amines is 1. The molecule has 1 amide bonds. The lowest BCUT2D eigenvalue weighted by molar-refractivity contribution is -0.130. The summed E-state index contributed by atoms with van der Waals surface area (Å²) in [6.07, 6.45) is 0.407. The number of benzene rings is 1. The maximum Gasteiger partial charge on any atom is 0.219 e. The van der Waals surface area contributed by atoms with Crippen LogP contribution in [0.1, 0.15) is 25.6 Å². The van der Waals surface area contributed by atoms with Crippen LogP contribution in [-0.2, 0) is 16.1 Å². The Bertz CT molecular complexity index is 739. The minimum absolute atomic E-state index is 0.125. The molecule has 1 aromatic heterocycles. The lowest BCUT2D eigenvalue weighted by Gasteiger charge is -2.36. The van der Waals surface area contributed by atoms with E-state index >= 15 is 0 Å². The Morgan fingerprint density at radius 2 is 2.08 bits per heavy atom. The third kappa shape index (κ3) is 3.59. The number of para-hydroxylation sites is 2. The standard InChI is InChI=1S/C19H25FN4O2/c1-13(25)23-8-6-14(7-9-23)24-10-15(20)18(11-24)26-12-19-21-16-4-2-3-5-17(16)22-19/h2-5,14-15,18H,6-12H2,1H3,(H,21,22). The first-order chi connectivity index (χ1) is 12.6. The monoisotopic (exact) mass is 360 g/mol. The van der Waals surface area contributed by atoms with Crippen molar-refractivity contribution in [3.05, 3.63) is 30.1 Å². The van der Waals surface area contributed by atoms with E-state index in [0.717, 1.165) is 42.8 Å². The molecule has 0 aliphatic carbocycles. The van der Waals surface area contributed by atoms with E-state index < -0.39 is 12.3 Å². The Balaban J connectivity index is 1.30. The molecule has 2 aliphatic rings. The number of hydrogen-bond donors (Lipinski definition) is 1. The number of nitrogens with zero attached hydrogens (tertiary/aromatic N) is 3. The van der Waals surface area contributed by atoms with Gasteiger partial charge in [-0.1, -0.05) is 12.1 Å². The fourth-order valence-electron chi connectivity index (χ4n) is 4.02. The molecule has 2 saturated heterocycles. The van der Waals surface area contributed by atoms with Gasteiger partial charge in [-0.2, -0.15) is 0 Å². The zero-order chi connectivity index (χ0) is 18.1. The van der Waals surface area contributed by atoms with Gasteiger partial charge < -0.3 is 14.6 Å². The molecule has 1 N–H and O–H groups in total. The first-order valence-corrected chi connectivity index (χ1v) is 9.29. The van der Waals surface area contributed by atoms with Crippen molar-refractivity contribution in [1.29, 1.82) is 0 Å². The Kier molecular flexibility index (Phi) is 4.91. The number of imidazole rings is 1. The van der Waals surface area contributed by atoms with Gasteiger partial charge in [0.2, 0.25) is 5.91 Å². The number of H-pyrrole nitrogens is 1. The second-order valence-corrected chi connectivity index (χ2v) is 7.26. The number of alkyl halides is 1. The molecule has 2 aromatic rings. The summed E-state index contributed by atoms with van der Waals surface area (Å²) in [6, 6.07) is 8.14. The second-order valence-electron chi connectivity index (χ2n) is 7.26. The van der Waals surface area contributed by atoms with Gasteiger partial charge in [0.1, 0.15) is 24.7 Å². The van der Waals surface area contributed by atoms with E-state index in [1.54, 1.807) is 6.92 Å². The van der Waals surface area contributed by atoms with Crippen LogP contribution in [0, 0.1) is 0 Å². The summed E-state index contributed by atoms with van der Waals surface area (Å²) in [4.78, 5) is 23.2. The van der Waals surface area contributed by atoms with E-state index in [1.807, 2.05) is 29.2 Å². The van der Waals surface area contributed by atoms with Gasteiger partial charge in [-0.15, -0.1) is 0 Å². The second kappa shape index (κ2) is 7.32. The molecule has 2 aliphatic heterocycles. The molecule has 7 heteroatoms. The Morgan fingerprint density at radius 1 is 1.31 bits per heavy atom. The largest absolute Gasteiger partial charge is 0.366 e.